The third-order valence-electron chi connectivity index (χ3n) is 4.04. The molecule has 0 N–H and O–H groups in total. The molecule has 6 heteroatoms. The van der Waals surface area contributed by atoms with Gasteiger partial charge < -0.3 is 9.30 Å². The number of benzene rings is 2. The summed E-state index contributed by atoms with van der Waals surface area (Å²) in [6.07, 6.45) is 0. The molecule has 3 rings (SSSR count). The van der Waals surface area contributed by atoms with Crippen LogP contribution in [0.2, 0.25) is 5.02 Å². The highest BCUT2D eigenvalue weighted by atomic mass is 35.5. The Labute approximate surface area is 169 Å². The van der Waals surface area contributed by atoms with E-state index in [1.165, 1.54) is 0 Å². The van der Waals surface area contributed by atoms with Gasteiger partial charge in [0.25, 0.3) is 0 Å². The van der Waals surface area contributed by atoms with Crippen molar-refractivity contribution >= 4 is 23.4 Å². The zero-order chi connectivity index (χ0) is 19.2. The van der Waals surface area contributed by atoms with Crippen molar-refractivity contribution in [1.82, 2.24) is 14.8 Å². The molecule has 0 bridgehead atoms. The average Bonchev–Trinajstić information content (AvgIpc) is 3.09. The van der Waals surface area contributed by atoms with Crippen LogP contribution in [0.15, 0.2) is 53.7 Å². The van der Waals surface area contributed by atoms with Crippen LogP contribution in [0.1, 0.15) is 26.3 Å². The fourth-order valence-corrected chi connectivity index (χ4v) is 3.90. The molecule has 0 fully saturated rings. The number of rotatable bonds is 8. The first kappa shape index (κ1) is 19.8. The van der Waals surface area contributed by atoms with Gasteiger partial charge in [-0.2, -0.15) is 0 Å². The molecule has 0 aliphatic carbocycles. The van der Waals surface area contributed by atoms with E-state index >= 15 is 0 Å². The van der Waals surface area contributed by atoms with E-state index in [1.807, 2.05) is 48.5 Å². The Kier molecular flexibility index (Phi) is 6.80. The molecule has 0 saturated carbocycles. The zero-order valence-electron chi connectivity index (χ0n) is 15.9. The molecule has 0 aliphatic heterocycles. The van der Waals surface area contributed by atoms with Gasteiger partial charge in [0.15, 0.2) is 11.0 Å². The Morgan fingerprint density at radius 3 is 2.48 bits per heavy atom. The van der Waals surface area contributed by atoms with Gasteiger partial charge in [-0.1, -0.05) is 55.4 Å². The van der Waals surface area contributed by atoms with Crippen LogP contribution in [-0.2, 0) is 12.3 Å². The minimum absolute atomic E-state index is 0.505. The van der Waals surface area contributed by atoms with Crippen molar-refractivity contribution in [2.24, 2.45) is 5.92 Å². The van der Waals surface area contributed by atoms with E-state index in [0.29, 0.717) is 12.5 Å². The lowest BCUT2D eigenvalue weighted by molar-refractivity contribution is 0.271. The lowest BCUT2D eigenvalue weighted by Crippen LogP contribution is -2.04. The second-order valence-corrected chi connectivity index (χ2v) is 8.01. The molecule has 0 atom stereocenters. The van der Waals surface area contributed by atoms with E-state index in [-0.39, 0.29) is 0 Å². The maximum Gasteiger partial charge on any atom is 0.191 e. The van der Waals surface area contributed by atoms with Crippen LogP contribution in [-0.4, -0.2) is 21.4 Å². The van der Waals surface area contributed by atoms with Crippen molar-refractivity contribution in [3.63, 3.8) is 0 Å². The van der Waals surface area contributed by atoms with E-state index in [1.54, 1.807) is 11.8 Å². The largest absolute Gasteiger partial charge is 0.493 e. The highest BCUT2D eigenvalue weighted by Crippen LogP contribution is 2.29. The molecule has 2 aromatic carbocycles. The van der Waals surface area contributed by atoms with Crippen LogP contribution in [0.3, 0.4) is 0 Å². The highest BCUT2D eigenvalue weighted by molar-refractivity contribution is 7.98. The van der Waals surface area contributed by atoms with Crippen LogP contribution in [0.5, 0.6) is 5.75 Å². The molecule has 4 nitrogen and oxygen atoms in total. The molecule has 27 heavy (non-hydrogen) atoms. The quantitative estimate of drug-likeness (QED) is 0.437. The van der Waals surface area contributed by atoms with Crippen molar-refractivity contribution in [3.8, 4) is 17.1 Å². The SMILES string of the molecule is CCn1c(SCc2ccccc2Cl)nnc1-c1ccc(OCC(C)C)cc1. The molecule has 0 spiro atoms. The van der Waals surface area contributed by atoms with Crippen LogP contribution in [0.4, 0.5) is 0 Å². The molecule has 1 aromatic heterocycles. The third-order valence-corrected chi connectivity index (χ3v) is 5.43. The Morgan fingerprint density at radius 1 is 1.07 bits per heavy atom. The zero-order valence-corrected chi connectivity index (χ0v) is 17.4. The average molecular weight is 402 g/mol. The summed E-state index contributed by atoms with van der Waals surface area (Å²) in [6, 6.07) is 15.9. The van der Waals surface area contributed by atoms with Crippen molar-refractivity contribution in [2.45, 2.75) is 38.2 Å². The van der Waals surface area contributed by atoms with E-state index < -0.39 is 0 Å². The molecule has 142 valence electrons. The van der Waals surface area contributed by atoms with Crippen molar-refractivity contribution < 1.29 is 4.74 Å². The number of halogens is 1. The van der Waals surface area contributed by atoms with Gasteiger partial charge in [-0.25, -0.2) is 0 Å². The normalized spacial score (nSPS) is 11.1. The molecule has 0 aliphatic rings. The van der Waals surface area contributed by atoms with Gasteiger partial charge in [-0.3, -0.25) is 0 Å². The summed E-state index contributed by atoms with van der Waals surface area (Å²) in [5.41, 5.74) is 2.13. The van der Waals surface area contributed by atoms with Gasteiger partial charge in [0.05, 0.1) is 6.61 Å². The van der Waals surface area contributed by atoms with Crippen LogP contribution >= 0.6 is 23.4 Å². The maximum atomic E-state index is 6.26. The van der Waals surface area contributed by atoms with E-state index in [4.69, 9.17) is 16.3 Å². The minimum atomic E-state index is 0.505. The summed E-state index contributed by atoms with van der Waals surface area (Å²) in [6.45, 7) is 7.90. The van der Waals surface area contributed by atoms with Gasteiger partial charge in [0.2, 0.25) is 0 Å². The van der Waals surface area contributed by atoms with Crippen molar-refractivity contribution in [3.05, 3.63) is 59.1 Å². The van der Waals surface area contributed by atoms with Gasteiger partial charge in [0.1, 0.15) is 5.75 Å². The number of ether oxygens (including phenoxy) is 1. The summed E-state index contributed by atoms with van der Waals surface area (Å²) in [4.78, 5) is 0. The Hall–Kier alpha value is -1.98. The molecular formula is C21H24ClN3OS. The molecule has 0 saturated heterocycles. The Morgan fingerprint density at radius 2 is 1.81 bits per heavy atom. The van der Waals surface area contributed by atoms with Crippen LogP contribution < -0.4 is 4.74 Å². The lowest BCUT2D eigenvalue weighted by atomic mass is 10.2. The maximum absolute atomic E-state index is 6.26. The number of thioether (sulfide) groups is 1. The predicted molar refractivity (Wildman–Crippen MR) is 112 cm³/mol. The first-order valence-corrected chi connectivity index (χ1v) is 10.5. The summed E-state index contributed by atoms with van der Waals surface area (Å²) >= 11 is 7.91. The number of hydrogen-bond donors (Lipinski definition) is 0. The fourth-order valence-electron chi connectivity index (χ4n) is 2.61. The summed E-state index contributed by atoms with van der Waals surface area (Å²) < 4.78 is 7.89. The predicted octanol–water partition coefficient (Wildman–Crippen LogP) is 5.95. The third kappa shape index (κ3) is 5.05. The summed E-state index contributed by atoms with van der Waals surface area (Å²) in [5.74, 6) is 3.02. The Bertz CT molecular complexity index is 877. The monoisotopic (exact) mass is 401 g/mol. The van der Waals surface area contributed by atoms with E-state index in [9.17, 15) is 0 Å². The van der Waals surface area contributed by atoms with Crippen LogP contribution in [0, 0.1) is 5.92 Å². The molecule has 0 unspecified atom stereocenters. The second-order valence-electron chi connectivity index (χ2n) is 6.66. The second kappa shape index (κ2) is 9.29. The van der Waals surface area contributed by atoms with Gasteiger partial charge in [0, 0.05) is 22.9 Å². The number of hydrogen-bond acceptors (Lipinski definition) is 4. The van der Waals surface area contributed by atoms with Crippen molar-refractivity contribution in [2.75, 3.05) is 6.61 Å². The first-order chi connectivity index (χ1) is 13.1. The Balaban J connectivity index is 1.74. The fraction of sp³-hybridized carbons (Fsp3) is 0.333. The highest BCUT2D eigenvalue weighted by Gasteiger charge is 2.14. The molecule has 3 aromatic rings. The molecular weight excluding hydrogens is 378 g/mol. The smallest absolute Gasteiger partial charge is 0.191 e. The first-order valence-electron chi connectivity index (χ1n) is 9.11. The summed E-state index contributed by atoms with van der Waals surface area (Å²) in [7, 11) is 0. The van der Waals surface area contributed by atoms with Crippen molar-refractivity contribution in [1.29, 1.82) is 0 Å². The molecule has 0 amide bonds. The minimum Gasteiger partial charge on any atom is -0.493 e. The van der Waals surface area contributed by atoms with E-state index in [2.05, 4.69) is 35.5 Å². The lowest BCUT2D eigenvalue weighted by Gasteiger charge is -2.10. The molecule has 1 heterocycles. The van der Waals surface area contributed by atoms with Gasteiger partial charge >= 0.3 is 0 Å². The number of aromatic nitrogens is 3. The van der Waals surface area contributed by atoms with Gasteiger partial charge in [-0.05, 0) is 48.7 Å². The standard InChI is InChI=1S/C21H24ClN3OS/c1-4-25-20(16-9-11-18(12-10-16)26-13-15(2)3)23-24-21(25)27-14-17-7-5-6-8-19(17)22/h5-12,15H,4,13-14H2,1-3H3. The van der Waals surface area contributed by atoms with Crippen LogP contribution in [0.25, 0.3) is 11.4 Å². The topological polar surface area (TPSA) is 39.9 Å². The van der Waals surface area contributed by atoms with E-state index in [0.717, 1.165) is 45.2 Å². The summed E-state index contributed by atoms with van der Waals surface area (Å²) in [5, 5.41) is 10.5. The molecule has 0 radical (unpaired) electrons. The number of nitrogens with zero attached hydrogens (tertiary/aromatic N) is 3. The van der Waals surface area contributed by atoms with Gasteiger partial charge in [-0.15, -0.1) is 10.2 Å².